The number of nitrogens with one attached hydrogen (secondary N) is 1. The Morgan fingerprint density at radius 3 is 2.38 bits per heavy atom. The lowest BCUT2D eigenvalue weighted by atomic mass is 10.0. The second kappa shape index (κ2) is 10.2. The van der Waals surface area contributed by atoms with Crippen molar-refractivity contribution in [1.82, 2.24) is 5.32 Å². The van der Waals surface area contributed by atoms with Gasteiger partial charge >= 0.3 is 0 Å². The molecule has 3 nitrogen and oxygen atoms in total. The number of amides is 1. The van der Waals surface area contributed by atoms with Gasteiger partial charge in [0, 0.05) is 16.2 Å². The molecule has 0 radical (unpaired) electrons. The lowest BCUT2D eigenvalue weighted by Gasteiger charge is -2.19. The van der Waals surface area contributed by atoms with E-state index in [-0.39, 0.29) is 11.9 Å². The highest BCUT2D eigenvalue weighted by molar-refractivity contribution is 7.98. The summed E-state index contributed by atoms with van der Waals surface area (Å²) in [4.78, 5) is 14.0. The zero-order valence-corrected chi connectivity index (χ0v) is 18.0. The third kappa shape index (κ3) is 5.64. The van der Waals surface area contributed by atoms with E-state index in [9.17, 15) is 4.79 Å². The third-order valence-corrected chi connectivity index (χ3v) is 5.98. The van der Waals surface area contributed by atoms with Gasteiger partial charge in [0.25, 0.3) is 5.91 Å². The fourth-order valence-corrected chi connectivity index (χ4v) is 4.09. The van der Waals surface area contributed by atoms with E-state index in [4.69, 9.17) is 4.74 Å². The molecule has 1 unspecified atom stereocenters. The highest BCUT2D eigenvalue weighted by Gasteiger charge is 2.15. The van der Waals surface area contributed by atoms with Crippen LogP contribution in [0, 0.1) is 6.92 Å². The van der Waals surface area contributed by atoms with Gasteiger partial charge < -0.3 is 10.1 Å². The van der Waals surface area contributed by atoms with Gasteiger partial charge in [0.05, 0.1) is 13.2 Å². The molecule has 1 N–H and O–H groups in total. The number of methoxy groups -OCH3 is 1. The van der Waals surface area contributed by atoms with Gasteiger partial charge in [-0.3, -0.25) is 4.79 Å². The molecular weight excluding hydrogens is 378 g/mol. The van der Waals surface area contributed by atoms with E-state index in [1.807, 2.05) is 61.5 Å². The molecule has 1 amide bonds. The monoisotopic (exact) mass is 405 g/mol. The predicted octanol–water partition coefficient (Wildman–Crippen LogP) is 6.18. The van der Waals surface area contributed by atoms with Crippen LogP contribution in [0.25, 0.3) is 0 Å². The molecule has 0 aromatic heterocycles. The Labute approximate surface area is 177 Å². The molecule has 3 aromatic carbocycles. The lowest BCUT2D eigenvalue weighted by molar-refractivity contribution is 0.0935. The minimum absolute atomic E-state index is 0.0274. The second-order valence-corrected chi connectivity index (χ2v) is 8.01. The molecule has 0 aliphatic heterocycles. The number of thioether (sulfide) groups is 1. The van der Waals surface area contributed by atoms with E-state index in [1.165, 1.54) is 10.5 Å². The van der Waals surface area contributed by atoms with E-state index < -0.39 is 0 Å². The average Bonchev–Trinajstić information content (AvgIpc) is 2.77. The summed E-state index contributed by atoms with van der Waals surface area (Å²) < 4.78 is 5.33. The summed E-state index contributed by atoms with van der Waals surface area (Å²) in [5.41, 5.74) is 4.04. The molecule has 4 heteroatoms. The van der Waals surface area contributed by atoms with Gasteiger partial charge in [-0.2, -0.15) is 0 Å². The van der Waals surface area contributed by atoms with Crippen LogP contribution in [0.3, 0.4) is 0 Å². The molecule has 0 saturated carbocycles. The van der Waals surface area contributed by atoms with Crippen LogP contribution in [0.2, 0.25) is 0 Å². The molecule has 150 valence electrons. The molecule has 0 aliphatic carbocycles. The van der Waals surface area contributed by atoms with Crippen LogP contribution in [0.1, 0.15) is 46.4 Å². The Bertz CT molecular complexity index is 939. The maximum atomic E-state index is 12.7. The van der Waals surface area contributed by atoms with Crippen LogP contribution < -0.4 is 10.1 Å². The van der Waals surface area contributed by atoms with Crippen LogP contribution in [0.5, 0.6) is 5.75 Å². The number of benzene rings is 3. The van der Waals surface area contributed by atoms with Crippen molar-refractivity contribution in [2.75, 3.05) is 7.11 Å². The fourth-order valence-electron chi connectivity index (χ4n) is 3.22. The summed E-state index contributed by atoms with van der Waals surface area (Å²) in [6.45, 7) is 4.09. The van der Waals surface area contributed by atoms with Gasteiger partial charge in [0.2, 0.25) is 0 Å². The Balaban J connectivity index is 1.62. The summed E-state index contributed by atoms with van der Waals surface area (Å²) in [7, 11) is 1.67. The van der Waals surface area contributed by atoms with Crippen LogP contribution in [-0.2, 0) is 5.75 Å². The van der Waals surface area contributed by atoms with Crippen molar-refractivity contribution in [1.29, 1.82) is 0 Å². The summed E-state index contributed by atoms with van der Waals surface area (Å²) in [5.74, 6) is 1.70. The third-order valence-electron chi connectivity index (χ3n) is 4.90. The van der Waals surface area contributed by atoms with Gasteiger partial charge in [0.1, 0.15) is 5.75 Å². The quantitative estimate of drug-likeness (QED) is 0.455. The molecule has 0 bridgehead atoms. The number of hydrogen-bond acceptors (Lipinski definition) is 3. The molecule has 0 spiro atoms. The van der Waals surface area contributed by atoms with Crippen LogP contribution >= 0.6 is 11.8 Å². The van der Waals surface area contributed by atoms with E-state index in [0.717, 1.165) is 29.1 Å². The first-order chi connectivity index (χ1) is 14.1. The van der Waals surface area contributed by atoms with Crippen molar-refractivity contribution < 1.29 is 9.53 Å². The van der Waals surface area contributed by atoms with Gasteiger partial charge in [0.15, 0.2) is 0 Å². The standard InChI is InChI=1S/C25H27NO2S/c1-4-23(21-14-15-24(28-3)18(2)16-21)26-25(27)20-12-10-19(11-13-20)17-29-22-8-6-5-7-9-22/h5-16,23H,4,17H2,1-3H3,(H,26,27). The minimum Gasteiger partial charge on any atom is -0.496 e. The number of aryl methyl sites for hydroxylation is 1. The van der Waals surface area contributed by atoms with Gasteiger partial charge in [-0.25, -0.2) is 0 Å². The van der Waals surface area contributed by atoms with E-state index in [0.29, 0.717) is 5.56 Å². The molecule has 3 aromatic rings. The highest BCUT2D eigenvalue weighted by atomic mass is 32.2. The summed E-state index contributed by atoms with van der Waals surface area (Å²) in [6.07, 6.45) is 0.823. The summed E-state index contributed by atoms with van der Waals surface area (Å²) >= 11 is 1.79. The molecule has 0 heterocycles. The molecule has 29 heavy (non-hydrogen) atoms. The second-order valence-electron chi connectivity index (χ2n) is 6.96. The fraction of sp³-hybridized carbons (Fsp3) is 0.240. The molecular formula is C25H27NO2S. The normalized spacial score (nSPS) is 11.7. The van der Waals surface area contributed by atoms with Crippen molar-refractivity contribution in [3.8, 4) is 5.75 Å². The number of rotatable bonds is 8. The number of ether oxygens (including phenoxy) is 1. The lowest BCUT2D eigenvalue weighted by Crippen LogP contribution is -2.28. The maximum absolute atomic E-state index is 12.7. The molecule has 0 saturated heterocycles. The Morgan fingerprint density at radius 1 is 1.03 bits per heavy atom. The minimum atomic E-state index is -0.0485. The van der Waals surface area contributed by atoms with E-state index >= 15 is 0 Å². The highest BCUT2D eigenvalue weighted by Crippen LogP contribution is 2.25. The van der Waals surface area contributed by atoms with Crippen molar-refractivity contribution in [2.45, 2.75) is 37.0 Å². The Morgan fingerprint density at radius 2 is 1.76 bits per heavy atom. The van der Waals surface area contributed by atoms with Crippen molar-refractivity contribution in [2.24, 2.45) is 0 Å². The van der Waals surface area contributed by atoms with Crippen LogP contribution in [0.15, 0.2) is 77.7 Å². The average molecular weight is 406 g/mol. The smallest absolute Gasteiger partial charge is 0.251 e. The SMILES string of the molecule is CCC(NC(=O)c1ccc(CSc2ccccc2)cc1)c1ccc(OC)c(C)c1. The van der Waals surface area contributed by atoms with Gasteiger partial charge in [-0.05, 0) is 60.4 Å². The molecule has 0 aliphatic rings. The Kier molecular flexibility index (Phi) is 7.36. The molecule has 3 rings (SSSR count). The van der Waals surface area contributed by atoms with Gasteiger partial charge in [-0.15, -0.1) is 11.8 Å². The van der Waals surface area contributed by atoms with E-state index in [2.05, 4.69) is 30.4 Å². The predicted molar refractivity (Wildman–Crippen MR) is 121 cm³/mol. The maximum Gasteiger partial charge on any atom is 0.251 e. The van der Waals surface area contributed by atoms with Crippen molar-refractivity contribution in [3.05, 3.63) is 95.1 Å². The topological polar surface area (TPSA) is 38.3 Å². The summed E-state index contributed by atoms with van der Waals surface area (Å²) in [6, 6.07) is 24.2. The van der Waals surface area contributed by atoms with Crippen LogP contribution in [0.4, 0.5) is 0 Å². The number of carbonyl (C=O) groups is 1. The van der Waals surface area contributed by atoms with Crippen molar-refractivity contribution >= 4 is 17.7 Å². The first kappa shape index (κ1) is 21.0. The number of hydrogen-bond donors (Lipinski definition) is 1. The zero-order chi connectivity index (χ0) is 20.6. The summed E-state index contributed by atoms with van der Waals surface area (Å²) in [5, 5.41) is 3.16. The van der Waals surface area contributed by atoms with Crippen LogP contribution in [-0.4, -0.2) is 13.0 Å². The first-order valence-electron chi connectivity index (χ1n) is 9.83. The Hall–Kier alpha value is -2.72. The largest absolute Gasteiger partial charge is 0.496 e. The molecule has 0 fully saturated rings. The zero-order valence-electron chi connectivity index (χ0n) is 17.1. The van der Waals surface area contributed by atoms with Crippen molar-refractivity contribution in [3.63, 3.8) is 0 Å². The molecule has 1 atom stereocenters. The number of carbonyl (C=O) groups excluding carboxylic acids is 1. The van der Waals surface area contributed by atoms with Gasteiger partial charge in [-0.1, -0.05) is 49.4 Å². The first-order valence-corrected chi connectivity index (χ1v) is 10.8. The van der Waals surface area contributed by atoms with E-state index in [1.54, 1.807) is 18.9 Å².